The average Bonchev–Trinajstić information content (AvgIpc) is 3.13. The maximum absolute atomic E-state index is 12.6. The summed E-state index contributed by atoms with van der Waals surface area (Å²) >= 11 is 0. The molecule has 0 spiro atoms. The minimum absolute atomic E-state index is 0.0137. The van der Waals surface area contributed by atoms with Crippen molar-refractivity contribution in [2.24, 2.45) is 5.41 Å². The lowest BCUT2D eigenvalue weighted by Crippen LogP contribution is -2.49. The number of nitrogens with zero attached hydrogens (tertiary/aromatic N) is 2. The Labute approximate surface area is 122 Å². The fraction of sp³-hybridized carbons (Fsp3) is 0.643. The molecule has 1 saturated heterocycles. The van der Waals surface area contributed by atoms with Gasteiger partial charge in [-0.3, -0.25) is 14.9 Å². The van der Waals surface area contributed by atoms with Crippen LogP contribution >= 0.6 is 0 Å². The van der Waals surface area contributed by atoms with Crippen molar-refractivity contribution < 1.29 is 14.7 Å². The van der Waals surface area contributed by atoms with E-state index in [2.05, 4.69) is 15.3 Å². The number of amides is 1. The van der Waals surface area contributed by atoms with E-state index in [1.165, 1.54) is 0 Å². The first-order chi connectivity index (χ1) is 10.1. The molecule has 2 aliphatic rings. The Morgan fingerprint density at radius 1 is 1.57 bits per heavy atom. The fourth-order valence-corrected chi connectivity index (χ4v) is 3.24. The van der Waals surface area contributed by atoms with Crippen LogP contribution in [0.15, 0.2) is 6.33 Å². The van der Waals surface area contributed by atoms with E-state index in [0.717, 1.165) is 11.4 Å². The Morgan fingerprint density at radius 2 is 2.38 bits per heavy atom. The van der Waals surface area contributed by atoms with Gasteiger partial charge >= 0.3 is 5.97 Å². The highest BCUT2D eigenvalue weighted by molar-refractivity contribution is 5.84. The van der Waals surface area contributed by atoms with Gasteiger partial charge in [-0.15, -0.1) is 0 Å². The number of carbonyl (C=O) groups is 2. The molecule has 114 valence electrons. The Morgan fingerprint density at radius 3 is 3.05 bits per heavy atom. The number of aliphatic carboxylic acids is 1. The third kappa shape index (κ3) is 2.31. The molecule has 0 aliphatic carbocycles. The van der Waals surface area contributed by atoms with Gasteiger partial charge in [0.2, 0.25) is 5.91 Å². The molecular weight excluding hydrogens is 272 g/mol. The third-order valence-electron chi connectivity index (χ3n) is 4.82. The molecule has 1 aromatic heterocycles. The first-order valence-electron chi connectivity index (χ1n) is 7.32. The molecule has 1 aromatic rings. The van der Waals surface area contributed by atoms with Crippen LogP contribution in [0.4, 0.5) is 0 Å². The van der Waals surface area contributed by atoms with Crippen molar-refractivity contribution >= 4 is 11.9 Å². The van der Waals surface area contributed by atoms with Crippen LogP contribution in [-0.4, -0.2) is 51.0 Å². The van der Waals surface area contributed by atoms with Crippen molar-refractivity contribution in [1.29, 1.82) is 0 Å². The molecule has 3 heterocycles. The van der Waals surface area contributed by atoms with Crippen molar-refractivity contribution in [3.8, 4) is 0 Å². The number of hydrogen-bond acceptors (Lipinski definition) is 4. The van der Waals surface area contributed by atoms with Crippen molar-refractivity contribution in [3.63, 3.8) is 0 Å². The monoisotopic (exact) mass is 292 g/mol. The fourth-order valence-electron chi connectivity index (χ4n) is 3.24. The number of imidazole rings is 1. The smallest absolute Gasteiger partial charge is 0.311 e. The van der Waals surface area contributed by atoms with Crippen LogP contribution in [0.25, 0.3) is 0 Å². The molecule has 3 N–H and O–H groups in total. The van der Waals surface area contributed by atoms with E-state index in [1.807, 2.05) is 6.92 Å². The second kappa shape index (κ2) is 5.14. The second-order valence-corrected chi connectivity index (χ2v) is 5.91. The molecule has 3 rings (SSSR count). The summed E-state index contributed by atoms with van der Waals surface area (Å²) in [7, 11) is 0. The van der Waals surface area contributed by atoms with Crippen LogP contribution in [0.3, 0.4) is 0 Å². The first kappa shape index (κ1) is 14.1. The second-order valence-electron chi connectivity index (χ2n) is 5.91. The van der Waals surface area contributed by atoms with Crippen LogP contribution in [0.2, 0.25) is 0 Å². The minimum atomic E-state index is -0.800. The number of aromatic amines is 1. The van der Waals surface area contributed by atoms with E-state index in [-0.39, 0.29) is 11.9 Å². The van der Waals surface area contributed by atoms with E-state index in [9.17, 15) is 14.7 Å². The summed E-state index contributed by atoms with van der Waals surface area (Å²) in [5.41, 5.74) is 1.17. The number of rotatable bonds is 3. The van der Waals surface area contributed by atoms with Gasteiger partial charge in [0.1, 0.15) is 0 Å². The van der Waals surface area contributed by atoms with Gasteiger partial charge in [0.15, 0.2) is 0 Å². The zero-order valence-corrected chi connectivity index (χ0v) is 12.1. The van der Waals surface area contributed by atoms with Crippen molar-refractivity contribution in [2.75, 3.05) is 13.1 Å². The molecule has 1 fully saturated rings. The van der Waals surface area contributed by atoms with Gasteiger partial charge in [-0.1, -0.05) is 6.92 Å². The molecule has 7 nitrogen and oxygen atoms in total. The lowest BCUT2D eigenvalue weighted by Gasteiger charge is -2.28. The number of hydrogen-bond donors (Lipinski definition) is 3. The summed E-state index contributed by atoms with van der Waals surface area (Å²) in [4.78, 5) is 33.0. The summed E-state index contributed by atoms with van der Waals surface area (Å²) in [5, 5.41) is 12.6. The summed E-state index contributed by atoms with van der Waals surface area (Å²) in [5.74, 6) is -0.813. The van der Waals surface area contributed by atoms with Crippen LogP contribution in [0.5, 0.6) is 0 Å². The Hall–Kier alpha value is -1.89. The van der Waals surface area contributed by atoms with E-state index < -0.39 is 11.4 Å². The zero-order chi connectivity index (χ0) is 15.0. The third-order valence-corrected chi connectivity index (χ3v) is 4.82. The van der Waals surface area contributed by atoms with Crippen LogP contribution in [-0.2, 0) is 22.6 Å². The van der Waals surface area contributed by atoms with Gasteiger partial charge in [0.05, 0.1) is 29.2 Å². The quantitative estimate of drug-likeness (QED) is 0.736. The number of likely N-dealkylation sites (tertiary alicyclic amines) is 1. The highest BCUT2D eigenvalue weighted by Gasteiger charge is 2.46. The number of carbonyl (C=O) groups excluding carboxylic acids is 1. The summed E-state index contributed by atoms with van der Waals surface area (Å²) < 4.78 is 0. The summed E-state index contributed by atoms with van der Waals surface area (Å²) in [6.07, 6.45) is 3.28. The van der Waals surface area contributed by atoms with E-state index in [0.29, 0.717) is 38.9 Å². The highest BCUT2D eigenvalue weighted by atomic mass is 16.4. The molecule has 2 aliphatic heterocycles. The topological polar surface area (TPSA) is 98.3 Å². The number of fused-ring (bicyclic) bond motifs is 1. The number of carboxylic acid groups (broad SMARTS) is 1. The lowest BCUT2D eigenvalue weighted by molar-refractivity contribution is -0.148. The van der Waals surface area contributed by atoms with Crippen molar-refractivity contribution in [2.45, 2.75) is 38.8 Å². The largest absolute Gasteiger partial charge is 0.481 e. The van der Waals surface area contributed by atoms with Crippen molar-refractivity contribution in [1.82, 2.24) is 20.2 Å². The normalized spacial score (nSPS) is 28.4. The van der Waals surface area contributed by atoms with E-state index in [1.54, 1.807) is 11.2 Å². The molecule has 21 heavy (non-hydrogen) atoms. The molecule has 0 radical (unpaired) electrons. The molecule has 2 atom stereocenters. The summed E-state index contributed by atoms with van der Waals surface area (Å²) in [6.45, 7) is 3.29. The maximum atomic E-state index is 12.6. The Kier molecular flexibility index (Phi) is 3.44. The lowest BCUT2D eigenvalue weighted by atomic mass is 9.84. The van der Waals surface area contributed by atoms with E-state index >= 15 is 0 Å². The van der Waals surface area contributed by atoms with Crippen LogP contribution < -0.4 is 5.32 Å². The standard InChI is InChI=1S/C14H20N4O3/c1-2-14(13(20)21)3-4-18(7-14)12(19)10-5-9-11(6-15-10)17-8-16-9/h8,10,15H,2-7H2,1H3,(H,16,17)(H,20,21). The van der Waals surface area contributed by atoms with Crippen molar-refractivity contribution in [3.05, 3.63) is 17.7 Å². The SMILES string of the molecule is CCC1(C(=O)O)CCN(C(=O)C2Cc3nc[nH]c3CN2)C1. The molecule has 0 saturated carbocycles. The highest BCUT2D eigenvalue weighted by Crippen LogP contribution is 2.34. The minimum Gasteiger partial charge on any atom is -0.481 e. The van der Waals surface area contributed by atoms with Gasteiger partial charge in [-0.25, -0.2) is 4.98 Å². The Balaban J connectivity index is 1.69. The number of carboxylic acids is 1. The molecular formula is C14H20N4O3. The summed E-state index contributed by atoms with van der Waals surface area (Å²) in [6, 6.07) is -0.303. The van der Waals surface area contributed by atoms with Gasteiger partial charge in [-0.05, 0) is 12.8 Å². The zero-order valence-electron chi connectivity index (χ0n) is 12.1. The average molecular weight is 292 g/mol. The number of nitrogens with one attached hydrogen (secondary N) is 2. The van der Waals surface area contributed by atoms with Gasteiger partial charge in [0.25, 0.3) is 0 Å². The predicted molar refractivity (Wildman–Crippen MR) is 74.5 cm³/mol. The molecule has 0 bridgehead atoms. The van der Waals surface area contributed by atoms with Gasteiger partial charge in [0, 0.05) is 26.1 Å². The van der Waals surface area contributed by atoms with Crippen LogP contribution in [0, 0.1) is 5.41 Å². The Bertz CT molecular complexity index is 570. The van der Waals surface area contributed by atoms with Gasteiger partial charge in [-0.2, -0.15) is 0 Å². The van der Waals surface area contributed by atoms with E-state index in [4.69, 9.17) is 0 Å². The molecule has 1 amide bonds. The maximum Gasteiger partial charge on any atom is 0.311 e. The van der Waals surface area contributed by atoms with Crippen LogP contribution in [0.1, 0.15) is 31.2 Å². The molecule has 7 heteroatoms. The molecule has 0 aromatic carbocycles. The number of aromatic nitrogens is 2. The predicted octanol–water partition coefficient (Wildman–Crippen LogP) is 0.137. The number of H-pyrrole nitrogens is 1. The molecule has 2 unspecified atom stereocenters. The first-order valence-corrected chi connectivity index (χ1v) is 7.32. The van der Waals surface area contributed by atoms with Gasteiger partial charge < -0.3 is 15.0 Å².